The van der Waals surface area contributed by atoms with Crippen molar-refractivity contribution in [2.75, 3.05) is 13.2 Å². The molecule has 1 aromatic heterocycles. The van der Waals surface area contributed by atoms with Gasteiger partial charge in [-0.25, -0.2) is 0 Å². The summed E-state index contributed by atoms with van der Waals surface area (Å²) in [4.78, 5) is 15.0. The van der Waals surface area contributed by atoms with Crippen LogP contribution in [0.5, 0.6) is 5.75 Å². The highest BCUT2D eigenvalue weighted by molar-refractivity contribution is 5.98. The molecule has 0 N–H and O–H groups in total. The van der Waals surface area contributed by atoms with E-state index < -0.39 is 0 Å². The van der Waals surface area contributed by atoms with Gasteiger partial charge in [0, 0.05) is 47.2 Å². The standard InChI is InChI=1S/C25H33NO3/c1-5-28-24-18(4)25-21(19-11-6-7-12-22(19)29-25)15-20(24)16(2)14-23(27)26-13-9-8-10-17(26)3/h14-15,17H,5-13H2,1-4H3/b16-14+. The maximum absolute atomic E-state index is 13.0. The first-order valence-electron chi connectivity index (χ1n) is 11.2. The van der Waals surface area contributed by atoms with E-state index in [2.05, 4.69) is 19.9 Å². The Labute approximate surface area is 173 Å². The number of furan rings is 1. The van der Waals surface area contributed by atoms with Crippen molar-refractivity contribution in [3.8, 4) is 5.75 Å². The molecule has 1 atom stereocenters. The number of piperidine rings is 1. The van der Waals surface area contributed by atoms with E-state index in [1.165, 1.54) is 30.2 Å². The molecule has 0 spiro atoms. The maximum atomic E-state index is 13.0. The molecule has 0 radical (unpaired) electrons. The van der Waals surface area contributed by atoms with Crippen LogP contribution in [0.4, 0.5) is 0 Å². The molecule has 4 rings (SSSR count). The molecule has 2 aromatic rings. The monoisotopic (exact) mass is 395 g/mol. The van der Waals surface area contributed by atoms with Gasteiger partial charge in [-0.3, -0.25) is 4.79 Å². The summed E-state index contributed by atoms with van der Waals surface area (Å²) in [7, 11) is 0. The molecule has 1 aromatic carbocycles. The molecule has 0 bridgehead atoms. The first-order chi connectivity index (χ1) is 14.0. The lowest BCUT2D eigenvalue weighted by molar-refractivity contribution is -0.129. The zero-order chi connectivity index (χ0) is 20.5. The van der Waals surface area contributed by atoms with E-state index in [4.69, 9.17) is 9.15 Å². The molecule has 1 aliphatic carbocycles. The van der Waals surface area contributed by atoms with Gasteiger partial charge in [-0.1, -0.05) is 0 Å². The van der Waals surface area contributed by atoms with Gasteiger partial charge in [-0.2, -0.15) is 0 Å². The van der Waals surface area contributed by atoms with Crippen molar-refractivity contribution in [1.82, 2.24) is 4.90 Å². The number of carbonyl (C=O) groups excluding carboxylic acids is 1. The first kappa shape index (κ1) is 20.1. The fourth-order valence-electron chi connectivity index (χ4n) is 4.93. The molecule has 0 saturated carbocycles. The van der Waals surface area contributed by atoms with E-state index in [0.29, 0.717) is 12.6 Å². The lowest BCUT2D eigenvalue weighted by atomic mass is 9.92. The molecule has 4 heteroatoms. The molecule has 2 heterocycles. The molecule has 1 fully saturated rings. The second-order valence-corrected chi connectivity index (χ2v) is 8.60. The van der Waals surface area contributed by atoms with Gasteiger partial charge in [0.05, 0.1) is 6.61 Å². The van der Waals surface area contributed by atoms with Crippen LogP contribution < -0.4 is 4.74 Å². The van der Waals surface area contributed by atoms with E-state index >= 15 is 0 Å². The van der Waals surface area contributed by atoms with E-state index in [-0.39, 0.29) is 5.91 Å². The van der Waals surface area contributed by atoms with Crippen molar-refractivity contribution >= 4 is 22.4 Å². The minimum atomic E-state index is 0.115. The number of nitrogens with zero attached hydrogens (tertiary/aromatic N) is 1. The Bertz CT molecular complexity index is 953. The smallest absolute Gasteiger partial charge is 0.247 e. The summed E-state index contributed by atoms with van der Waals surface area (Å²) in [5.41, 5.74) is 5.33. The number of benzene rings is 1. The fourth-order valence-corrected chi connectivity index (χ4v) is 4.93. The highest BCUT2D eigenvalue weighted by Crippen LogP contribution is 2.41. The third kappa shape index (κ3) is 3.70. The molecule has 1 saturated heterocycles. The number of hydrogen-bond acceptors (Lipinski definition) is 3. The summed E-state index contributed by atoms with van der Waals surface area (Å²) in [5.74, 6) is 2.09. The third-order valence-corrected chi connectivity index (χ3v) is 6.57. The fraction of sp³-hybridized carbons (Fsp3) is 0.560. The minimum absolute atomic E-state index is 0.115. The minimum Gasteiger partial charge on any atom is -0.493 e. The van der Waals surface area contributed by atoms with Crippen LogP contribution in [0.1, 0.15) is 75.3 Å². The zero-order valence-corrected chi connectivity index (χ0v) is 18.3. The van der Waals surface area contributed by atoms with Gasteiger partial charge in [0.25, 0.3) is 0 Å². The van der Waals surface area contributed by atoms with E-state index in [9.17, 15) is 4.79 Å². The predicted molar refractivity (Wildman–Crippen MR) is 117 cm³/mol. The molecule has 2 aliphatic rings. The van der Waals surface area contributed by atoms with Crippen LogP contribution in [-0.4, -0.2) is 30.0 Å². The molecule has 1 amide bonds. The Balaban J connectivity index is 1.78. The van der Waals surface area contributed by atoms with Gasteiger partial charge < -0.3 is 14.1 Å². The average molecular weight is 396 g/mol. The highest BCUT2D eigenvalue weighted by Gasteiger charge is 2.25. The second-order valence-electron chi connectivity index (χ2n) is 8.60. The van der Waals surface area contributed by atoms with Gasteiger partial charge in [0.15, 0.2) is 0 Å². The zero-order valence-electron chi connectivity index (χ0n) is 18.3. The number of carbonyl (C=O) groups is 1. The maximum Gasteiger partial charge on any atom is 0.247 e. The topological polar surface area (TPSA) is 42.7 Å². The van der Waals surface area contributed by atoms with Crippen molar-refractivity contribution in [2.45, 2.75) is 78.7 Å². The van der Waals surface area contributed by atoms with Crippen molar-refractivity contribution in [3.63, 3.8) is 0 Å². The first-order valence-corrected chi connectivity index (χ1v) is 11.2. The molecular formula is C25H33NO3. The quantitative estimate of drug-likeness (QED) is 0.612. The van der Waals surface area contributed by atoms with Gasteiger partial charge in [0.2, 0.25) is 5.91 Å². The number of hydrogen-bond donors (Lipinski definition) is 0. The Kier molecular flexibility index (Phi) is 5.71. The number of allylic oxidation sites excluding steroid dienone is 1. The van der Waals surface area contributed by atoms with Gasteiger partial charge in [-0.15, -0.1) is 0 Å². The summed E-state index contributed by atoms with van der Waals surface area (Å²) in [6.07, 6.45) is 9.70. The molecular weight excluding hydrogens is 362 g/mol. The average Bonchev–Trinajstić information content (AvgIpc) is 3.09. The number of rotatable bonds is 4. The van der Waals surface area contributed by atoms with Crippen molar-refractivity contribution < 1.29 is 13.9 Å². The number of amides is 1. The van der Waals surface area contributed by atoms with Crippen LogP contribution in [0.25, 0.3) is 16.5 Å². The molecule has 1 aliphatic heterocycles. The number of likely N-dealkylation sites (tertiary alicyclic amines) is 1. The normalized spacial score (nSPS) is 20.1. The van der Waals surface area contributed by atoms with Crippen molar-refractivity contribution in [3.05, 3.63) is 34.6 Å². The van der Waals surface area contributed by atoms with E-state index in [1.54, 1.807) is 6.08 Å². The Morgan fingerprint density at radius 3 is 2.83 bits per heavy atom. The van der Waals surface area contributed by atoms with Gasteiger partial charge >= 0.3 is 0 Å². The molecule has 1 unspecified atom stereocenters. The molecule has 29 heavy (non-hydrogen) atoms. The summed E-state index contributed by atoms with van der Waals surface area (Å²) >= 11 is 0. The third-order valence-electron chi connectivity index (χ3n) is 6.57. The van der Waals surface area contributed by atoms with E-state index in [0.717, 1.165) is 66.0 Å². The summed E-state index contributed by atoms with van der Waals surface area (Å²) in [6.45, 7) is 9.70. The summed E-state index contributed by atoms with van der Waals surface area (Å²) in [5, 5.41) is 1.20. The Hall–Kier alpha value is -2.23. The van der Waals surface area contributed by atoms with Crippen LogP contribution in [0.3, 0.4) is 0 Å². The van der Waals surface area contributed by atoms with Gasteiger partial charge in [-0.05, 0) is 77.9 Å². The molecule has 4 nitrogen and oxygen atoms in total. The Morgan fingerprint density at radius 1 is 1.28 bits per heavy atom. The number of ether oxygens (including phenoxy) is 1. The largest absolute Gasteiger partial charge is 0.493 e. The summed E-state index contributed by atoms with van der Waals surface area (Å²) < 4.78 is 12.3. The lowest BCUT2D eigenvalue weighted by Gasteiger charge is -2.32. The van der Waals surface area contributed by atoms with Crippen molar-refractivity contribution in [1.29, 1.82) is 0 Å². The summed E-state index contributed by atoms with van der Waals surface area (Å²) in [6, 6.07) is 2.51. The highest BCUT2D eigenvalue weighted by atomic mass is 16.5. The van der Waals surface area contributed by atoms with E-state index in [1.807, 2.05) is 18.7 Å². The predicted octanol–water partition coefficient (Wildman–Crippen LogP) is 5.82. The van der Waals surface area contributed by atoms with Gasteiger partial charge in [0.1, 0.15) is 17.1 Å². The van der Waals surface area contributed by atoms with Crippen LogP contribution >= 0.6 is 0 Å². The lowest BCUT2D eigenvalue weighted by Crippen LogP contribution is -2.41. The second kappa shape index (κ2) is 8.25. The van der Waals surface area contributed by atoms with Crippen LogP contribution in [0.15, 0.2) is 16.6 Å². The van der Waals surface area contributed by atoms with Crippen LogP contribution in [-0.2, 0) is 17.6 Å². The number of aryl methyl sites for hydroxylation is 3. The Morgan fingerprint density at radius 2 is 2.07 bits per heavy atom. The van der Waals surface area contributed by atoms with Crippen LogP contribution in [0, 0.1) is 6.92 Å². The van der Waals surface area contributed by atoms with Crippen LogP contribution in [0.2, 0.25) is 0 Å². The molecule has 156 valence electrons. The van der Waals surface area contributed by atoms with Crippen molar-refractivity contribution in [2.24, 2.45) is 0 Å². The number of fused-ring (bicyclic) bond motifs is 3. The SMILES string of the molecule is CCOc1c(/C(C)=C/C(=O)N2CCCCC2C)cc2c3c(oc2c1C)CCCC3.